The van der Waals surface area contributed by atoms with Crippen molar-refractivity contribution in [1.29, 1.82) is 0 Å². The monoisotopic (exact) mass is 225 g/mol. The molecule has 1 aromatic rings. The van der Waals surface area contributed by atoms with Gasteiger partial charge < -0.3 is 14.4 Å². The highest BCUT2D eigenvalue weighted by Gasteiger charge is 2.03. The van der Waals surface area contributed by atoms with Crippen LogP contribution in [0.25, 0.3) is 0 Å². The maximum absolute atomic E-state index is 13.4. The van der Waals surface area contributed by atoms with Gasteiger partial charge in [0, 0.05) is 19.0 Å². The van der Waals surface area contributed by atoms with Crippen molar-refractivity contribution >= 4 is 6.29 Å². The molecule has 0 amide bonds. The summed E-state index contributed by atoms with van der Waals surface area (Å²) in [5.41, 5.74) is 0.398. The van der Waals surface area contributed by atoms with E-state index in [1.165, 1.54) is 6.07 Å². The summed E-state index contributed by atoms with van der Waals surface area (Å²) >= 11 is 0. The molecule has 0 atom stereocenters. The number of hydrogen-bond donors (Lipinski definition) is 0. The van der Waals surface area contributed by atoms with Crippen molar-refractivity contribution in [1.82, 2.24) is 4.90 Å². The van der Waals surface area contributed by atoms with Gasteiger partial charge in [-0.15, -0.1) is 0 Å². The molecule has 0 heterocycles. The number of carbonyl (C=O) groups is 1. The third-order valence-electron chi connectivity index (χ3n) is 2.14. The van der Waals surface area contributed by atoms with Crippen LogP contribution in [0.5, 0.6) is 5.75 Å². The average molecular weight is 225 g/mol. The molecule has 4 heteroatoms. The molecule has 0 bridgehead atoms. The van der Waals surface area contributed by atoms with E-state index >= 15 is 0 Å². The number of hydrogen-bond acceptors (Lipinski definition) is 3. The van der Waals surface area contributed by atoms with Gasteiger partial charge in [0.15, 0.2) is 0 Å². The van der Waals surface area contributed by atoms with Crippen LogP contribution in [0.2, 0.25) is 0 Å². The van der Waals surface area contributed by atoms with Crippen LogP contribution in [-0.2, 0) is 11.2 Å². The van der Waals surface area contributed by atoms with Crippen molar-refractivity contribution in [3.8, 4) is 5.75 Å². The number of carbonyl (C=O) groups excluding carboxylic acids is 1. The number of likely N-dealkylation sites (N-methyl/N-ethyl adjacent to an activating group) is 1. The van der Waals surface area contributed by atoms with Gasteiger partial charge in [0.05, 0.1) is 0 Å². The number of benzene rings is 1. The van der Waals surface area contributed by atoms with Crippen molar-refractivity contribution in [2.24, 2.45) is 0 Å². The Kier molecular flexibility index (Phi) is 4.92. The normalized spacial score (nSPS) is 10.5. The third kappa shape index (κ3) is 3.98. The quantitative estimate of drug-likeness (QED) is 0.687. The Morgan fingerprint density at radius 3 is 2.75 bits per heavy atom. The lowest BCUT2D eigenvalue weighted by molar-refractivity contribution is -0.107. The number of rotatable bonds is 6. The van der Waals surface area contributed by atoms with E-state index in [0.717, 1.165) is 6.54 Å². The Bertz CT molecular complexity index is 353. The maximum atomic E-state index is 13.4. The fourth-order valence-electron chi connectivity index (χ4n) is 1.22. The van der Waals surface area contributed by atoms with Crippen LogP contribution in [0.3, 0.4) is 0 Å². The first kappa shape index (κ1) is 12.6. The Balaban J connectivity index is 2.55. The first-order chi connectivity index (χ1) is 7.63. The second-order valence-electron chi connectivity index (χ2n) is 3.78. The molecule has 0 N–H and O–H groups in total. The van der Waals surface area contributed by atoms with E-state index in [4.69, 9.17) is 4.74 Å². The standard InChI is InChI=1S/C12H16FNO2/c1-14(2)6-8-16-11-4-3-10(5-7-15)12(13)9-11/h3-4,7,9H,5-6,8H2,1-2H3. The molecule has 3 nitrogen and oxygen atoms in total. The minimum absolute atomic E-state index is 0.101. The van der Waals surface area contributed by atoms with E-state index in [1.54, 1.807) is 12.1 Å². The highest BCUT2D eigenvalue weighted by Crippen LogP contribution is 2.16. The van der Waals surface area contributed by atoms with Gasteiger partial charge >= 0.3 is 0 Å². The molecular weight excluding hydrogens is 209 g/mol. The van der Waals surface area contributed by atoms with E-state index < -0.39 is 5.82 Å². The first-order valence-corrected chi connectivity index (χ1v) is 5.13. The van der Waals surface area contributed by atoms with Crippen LogP contribution in [0.4, 0.5) is 4.39 Å². The van der Waals surface area contributed by atoms with E-state index in [0.29, 0.717) is 24.2 Å². The molecule has 0 spiro atoms. The van der Waals surface area contributed by atoms with Crippen molar-refractivity contribution in [3.05, 3.63) is 29.6 Å². The molecule has 0 saturated heterocycles. The fraction of sp³-hybridized carbons (Fsp3) is 0.417. The zero-order chi connectivity index (χ0) is 12.0. The molecule has 1 aromatic carbocycles. The van der Waals surface area contributed by atoms with Gasteiger partial charge in [-0.25, -0.2) is 4.39 Å². The van der Waals surface area contributed by atoms with Gasteiger partial charge in [-0.05, 0) is 25.7 Å². The molecular formula is C12H16FNO2. The van der Waals surface area contributed by atoms with Crippen LogP contribution in [0.15, 0.2) is 18.2 Å². The fourth-order valence-corrected chi connectivity index (χ4v) is 1.22. The summed E-state index contributed by atoms with van der Waals surface area (Å²) in [5.74, 6) is 0.100. The molecule has 1 rings (SSSR count). The van der Waals surface area contributed by atoms with Crippen LogP contribution in [0, 0.1) is 5.82 Å². The Morgan fingerprint density at radius 2 is 2.19 bits per heavy atom. The average Bonchev–Trinajstić information content (AvgIpc) is 2.21. The maximum Gasteiger partial charge on any atom is 0.130 e. The van der Waals surface area contributed by atoms with Crippen molar-refractivity contribution in [3.63, 3.8) is 0 Å². The van der Waals surface area contributed by atoms with Crippen molar-refractivity contribution < 1.29 is 13.9 Å². The molecule has 0 saturated carbocycles. The molecule has 88 valence electrons. The second-order valence-corrected chi connectivity index (χ2v) is 3.78. The lowest BCUT2D eigenvalue weighted by Gasteiger charge is -2.11. The van der Waals surface area contributed by atoms with E-state index in [9.17, 15) is 9.18 Å². The lowest BCUT2D eigenvalue weighted by atomic mass is 10.1. The van der Waals surface area contributed by atoms with Gasteiger partial charge in [0.25, 0.3) is 0 Å². The molecule has 0 aromatic heterocycles. The summed E-state index contributed by atoms with van der Waals surface area (Å²) in [6, 6.07) is 4.57. The Morgan fingerprint density at radius 1 is 1.44 bits per heavy atom. The molecule has 0 radical (unpaired) electrons. The minimum atomic E-state index is -0.394. The van der Waals surface area contributed by atoms with E-state index in [2.05, 4.69) is 0 Å². The first-order valence-electron chi connectivity index (χ1n) is 5.13. The predicted octanol–water partition coefficient (Wildman–Crippen LogP) is 1.51. The van der Waals surface area contributed by atoms with Gasteiger partial charge in [-0.3, -0.25) is 0 Å². The highest BCUT2D eigenvalue weighted by molar-refractivity contribution is 5.55. The van der Waals surface area contributed by atoms with Crippen LogP contribution in [0.1, 0.15) is 5.56 Å². The van der Waals surface area contributed by atoms with Crippen LogP contribution in [-0.4, -0.2) is 38.4 Å². The van der Waals surface area contributed by atoms with Gasteiger partial charge in [0.1, 0.15) is 24.5 Å². The summed E-state index contributed by atoms with van der Waals surface area (Å²) in [6.45, 7) is 1.29. The lowest BCUT2D eigenvalue weighted by Crippen LogP contribution is -2.19. The summed E-state index contributed by atoms with van der Waals surface area (Å²) < 4.78 is 18.7. The minimum Gasteiger partial charge on any atom is -0.492 e. The van der Waals surface area contributed by atoms with Gasteiger partial charge in [-0.2, -0.15) is 0 Å². The molecule has 0 unspecified atom stereocenters. The van der Waals surface area contributed by atoms with Gasteiger partial charge in [-0.1, -0.05) is 6.07 Å². The summed E-state index contributed by atoms with van der Waals surface area (Å²) in [4.78, 5) is 12.2. The molecule has 0 fully saturated rings. The van der Waals surface area contributed by atoms with Gasteiger partial charge in [0.2, 0.25) is 0 Å². The zero-order valence-corrected chi connectivity index (χ0v) is 9.57. The molecule has 0 aliphatic heterocycles. The molecule has 16 heavy (non-hydrogen) atoms. The smallest absolute Gasteiger partial charge is 0.130 e. The Labute approximate surface area is 94.8 Å². The summed E-state index contributed by atoms with van der Waals surface area (Å²) in [7, 11) is 3.88. The number of nitrogens with zero attached hydrogens (tertiary/aromatic N) is 1. The number of aldehydes is 1. The summed E-state index contributed by atoms with van der Waals surface area (Å²) in [5, 5.41) is 0. The van der Waals surface area contributed by atoms with Crippen LogP contribution < -0.4 is 4.74 Å². The topological polar surface area (TPSA) is 29.5 Å². The van der Waals surface area contributed by atoms with Crippen LogP contribution >= 0.6 is 0 Å². The number of ether oxygens (including phenoxy) is 1. The summed E-state index contributed by atoms with van der Waals surface area (Å²) in [6.07, 6.45) is 0.787. The van der Waals surface area contributed by atoms with Crippen molar-refractivity contribution in [2.45, 2.75) is 6.42 Å². The highest BCUT2D eigenvalue weighted by atomic mass is 19.1. The second kappa shape index (κ2) is 6.23. The largest absolute Gasteiger partial charge is 0.492 e. The molecule has 0 aliphatic carbocycles. The van der Waals surface area contributed by atoms with Crippen molar-refractivity contribution in [2.75, 3.05) is 27.2 Å². The SMILES string of the molecule is CN(C)CCOc1ccc(CC=O)c(F)c1. The Hall–Kier alpha value is -1.42. The van der Waals surface area contributed by atoms with E-state index in [1.807, 2.05) is 19.0 Å². The number of halogens is 1. The third-order valence-corrected chi connectivity index (χ3v) is 2.14. The molecule has 0 aliphatic rings. The zero-order valence-electron chi connectivity index (χ0n) is 9.57. The van der Waals surface area contributed by atoms with E-state index in [-0.39, 0.29) is 6.42 Å². The predicted molar refractivity (Wildman–Crippen MR) is 60.2 cm³/mol.